The van der Waals surface area contributed by atoms with Crippen molar-refractivity contribution in [3.05, 3.63) is 91.8 Å². The average Bonchev–Trinajstić information content (AvgIpc) is 1.62. The number of piperidine rings is 1. The van der Waals surface area contributed by atoms with Crippen molar-refractivity contribution >= 4 is 63.7 Å². The number of hydrogen-bond donors (Lipinski definition) is 4. The number of unbranched alkanes of at least 4 members (excludes halogenated alkanes) is 2. The van der Waals surface area contributed by atoms with Gasteiger partial charge < -0.3 is 73.5 Å². The maximum absolute atomic E-state index is 12.6. The molecule has 0 aromatic carbocycles. The van der Waals surface area contributed by atoms with Crippen molar-refractivity contribution in [1.29, 1.82) is 0 Å². The molecule has 3 unspecified atom stereocenters. The maximum Gasteiger partial charge on any atom is 0.332 e. The summed E-state index contributed by atoms with van der Waals surface area (Å²) in [6, 6.07) is 0.695. The van der Waals surface area contributed by atoms with Gasteiger partial charge >= 0.3 is 17.4 Å². The molecule has 6 aromatic rings. The number of Topliss-reactive ketones (excluding diaryl/α,β-unsaturated/α-hetero) is 1. The number of imidazole rings is 4. The molecule has 11 rings (SSSR count). The fourth-order valence-electron chi connectivity index (χ4n) is 14.8. The first-order chi connectivity index (χ1) is 56.3. The van der Waals surface area contributed by atoms with Crippen molar-refractivity contribution < 1.29 is 43.0 Å². The van der Waals surface area contributed by atoms with E-state index < -0.39 is 22.5 Å². The summed E-state index contributed by atoms with van der Waals surface area (Å²) in [4.78, 5) is 165. The van der Waals surface area contributed by atoms with E-state index in [1.165, 1.54) is 62.8 Å². The Kier molecular flexibility index (Phi) is 54.6. The third-order valence-corrected chi connectivity index (χ3v) is 22.6. The van der Waals surface area contributed by atoms with Crippen LogP contribution in [0.1, 0.15) is 169 Å². The van der Waals surface area contributed by atoms with Crippen molar-refractivity contribution in [3.63, 3.8) is 0 Å². The highest BCUT2D eigenvalue weighted by atomic mass is 16.5. The molecule has 0 spiro atoms. The van der Waals surface area contributed by atoms with Gasteiger partial charge in [0.2, 0.25) is 23.6 Å². The minimum atomic E-state index is -0.446. The second-order valence-electron chi connectivity index (χ2n) is 32.0. The molecule has 7 amide bonds. The first kappa shape index (κ1) is 115. The predicted octanol–water partition coefficient (Wildman–Crippen LogP) is 5.30. The molecule has 6 atom stereocenters. The van der Waals surface area contributed by atoms with Gasteiger partial charge in [-0.25, -0.2) is 34.3 Å². The number of aromatic nitrogens is 12. The zero-order valence-corrected chi connectivity index (χ0v) is 73.5. The molecule has 708 valence electrons. The van der Waals surface area contributed by atoms with Crippen LogP contribution in [0.15, 0.2) is 69.3 Å². The van der Waals surface area contributed by atoms with Gasteiger partial charge in [0.15, 0.2) is 22.3 Å². The highest BCUT2D eigenvalue weighted by Gasteiger charge is 2.45. The quantitative estimate of drug-likeness (QED) is 0.0307. The summed E-state index contributed by atoms with van der Waals surface area (Å²) in [6.45, 7) is 24.3. The number of hydrogen-bond acceptors (Lipinski definition) is 23. The Hall–Kier alpha value is -9.11. The van der Waals surface area contributed by atoms with Crippen LogP contribution in [0.3, 0.4) is 0 Å². The number of fused-ring (bicyclic) bond motifs is 2. The lowest BCUT2D eigenvalue weighted by molar-refractivity contribution is -0.133. The van der Waals surface area contributed by atoms with E-state index >= 15 is 0 Å². The molecular weight excluding hydrogens is 1590 g/mol. The van der Waals surface area contributed by atoms with E-state index in [0.717, 1.165) is 165 Å². The molecule has 4 N–H and O–H groups in total. The van der Waals surface area contributed by atoms with Gasteiger partial charge in [0.05, 0.1) is 57.8 Å². The van der Waals surface area contributed by atoms with Gasteiger partial charge in [-0.15, -0.1) is 0 Å². The zero-order chi connectivity index (χ0) is 86.7. The Balaban J connectivity index is 0.00000147. The molecule has 0 bridgehead atoms. The van der Waals surface area contributed by atoms with Gasteiger partial charge in [0.25, 0.3) is 17.0 Å². The number of morpholine rings is 2. The van der Waals surface area contributed by atoms with E-state index in [0.29, 0.717) is 68.6 Å². The summed E-state index contributed by atoms with van der Waals surface area (Å²) >= 11 is 0. The number of likely N-dealkylation sites (N-methyl/N-ethyl adjacent to an activating group) is 2. The van der Waals surface area contributed by atoms with Crippen LogP contribution in [0.2, 0.25) is 0 Å². The van der Waals surface area contributed by atoms with Crippen molar-refractivity contribution in [3.8, 4) is 0 Å². The molecule has 5 fully saturated rings. The van der Waals surface area contributed by atoms with Gasteiger partial charge in [0.1, 0.15) is 38.0 Å². The molecule has 0 radical (unpaired) electrons. The molecule has 5 aliphatic rings. The number of nitrogens with zero attached hydrogens (tertiary/aromatic N) is 20. The third-order valence-electron chi connectivity index (χ3n) is 22.6. The summed E-state index contributed by atoms with van der Waals surface area (Å²) in [6.07, 6.45) is 27.1. The van der Waals surface area contributed by atoms with Crippen LogP contribution >= 0.6 is 0 Å². The number of aryl methyl sites for hydroxylation is 2. The number of carbonyl (C=O) groups excluding carboxylic acids is 7. The molecule has 124 heavy (non-hydrogen) atoms. The van der Waals surface area contributed by atoms with Crippen LogP contribution in [0.25, 0.3) is 22.3 Å². The fraction of sp³-hybridized carbons (Fsp3) is 0.736. The van der Waals surface area contributed by atoms with Crippen molar-refractivity contribution in [2.75, 3.05) is 161 Å². The zero-order valence-electron chi connectivity index (χ0n) is 73.5. The number of nitrogens with one attached hydrogen (secondary N) is 4. The van der Waals surface area contributed by atoms with Gasteiger partial charge in [0, 0.05) is 150 Å². The summed E-state index contributed by atoms with van der Waals surface area (Å²) in [7, 11) is 21.9. The fourth-order valence-corrected chi connectivity index (χ4v) is 14.8. The minimum Gasteiger partial charge on any atom is -0.379 e. The maximum atomic E-state index is 12.6. The van der Waals surface area contributed by atoms with Crippen LogP contribution in [0.5, 0.6) is 0 Å². The van der Waals surface area contributed by atoms with Gasteiger partial charge in [-0.3, -0.25) is 71.3 Å². The predicted molar refractivity (Wildman–Crippen MR) is 494 cm³/mol. The average molecular weight is 1750 g/mol. The molecule has 4 saturated heterocycles. The number of urea groups is 1. The van der Waals surface area contributed by atoms with E-state index in [2.05, 4.69) is 115 Å². The Bertz CT molecular complexity index is 4320. The first-order valence-electron chi connectivity index (χ1n) is 42.0. The van der Waals surface area contributed by atoms with Crippen molar-refractivity contribution in [2.45, 2.75) is 225 Å². The molecule has 37 heteroatoms. The number of amides is 7. The third kappa shape index (κ3) is 35.0. The molecule has 6 aromatic heterocycles. The SMILES string of the molecule is C.C.C.C.C.C.CCCCCNC(=O)Cn1ccnc1.CC[C@H](C)C1C(=O)N(CCN2CCOCC2)C(=O)N1C.CC[C@H](C)[C@H](NC)C(=O)CCCN1CCOCC1.CN(C)C1CCCC(NC(=O)Cn2cnc3c2c(=O)n(C)c(=O)n3C)C1.CN(C)C1CCN(C(=O)Cn2cnc3c2c(=O)n(C)c(=O)n3C)CC1.CN(C)CCCNC(=O)Cn1ccnc1. The summed E-state index contributed by atoms with van der Waals surface area (Å²) < 4.78 is 21.9. The van der Waals surface area contributed by atoms with E-state index in [1.54, 1.807) is 72.6 Å². The minimum absolute atomic E-state index is 0. The molecule has 1 aliphatic carbocycles. The molecule has 4 aliphatic heterocycles. The van der Waals surface area contributed by atoms with E-state index in [-0.39, 0.29) is 134 Å². The van der Waals surface area contributed by atoms with Crippen molar-refractivity contribution in [2.24, 2.45) is 40.0 Å². The Labute approximate surface area is 738 Å². The molecule has 1 saturated carbocycles. The van der Waals surface area contributed by atoms with Gasteiger partial charge in [-0.1, -0.05) is 105 Å². The Morgan fingerprint density at radius 2 is 1.04 bits per heavy atom. The number of ketones is 1. The largest absolute Gasteiger partial charge is 0.379 e. The summed E-state index contributed by atoms with van der Waals surface area (Å²) in [5, 5.41) is 12.0. The summed E-state index contributed by atoms with van der Waals surface area (Å²) in [5.41, 5.74) is -0.619. The summed E-state index contributed by atoms with van der Waals surface area (Å²) in [5.74, 6) is 0.846. The first-order valence-corrected chi connectivity index (χ1v) is 42.0. The second kappa shape index (κ2) is 59.0. The standard InChI is InChI=1S/C17H26N6O3.C16H24N6O3.C14H25N3O3.C14H28N2O2.C10H18N4O.C10H17N3O.6CH4/c1-20(2)12-7-5-6-11(8-12)19-13(24)9-23-10-18-15-14(23)16(25)22(4)17(26)21(15)3;1-18(2)11-5-7-21(8-6-11)12(23)9-22-10-17-14-13(22)15(24)20(4)16(25)19(14)3;1-4-11(2)12-13(18)17(14(19)15(12)3)6-5-16-7-9-20-10-8-16;1-4-12(2)14(15-3)13(17)6-5-7-16-8-10-18-11-9-16;1-13(2)6-3-4-12-10(15)8-14-7-5-11-9-14;1-2-3-4-5-12-10(14)8-13-7-6-11-9-13;;;;;;/h10-12H,5-9H2,1-4H3,(H,19,24);10-11H,5-9H2,1-4H3;11-12H,4-10H2,1-3H3;12,14-15H,4-11H2,1-3H3;5,7,9H,3-4,6,8H2,1-2H3,(H,12,15);6-7,9H,2-5,8H2,1H3,(H,12,14);6*1H4/t;;11-,12?;12-,14-;;;;;;;;/m..00......../s1. The van der Waals surface area contributed by atoms with Crippen LogP contribution in [-0.4, -0.2) is 329 Å². The lowest BCUT2D eigenvalue weighted by Crippen LogP contribution is -2.45. The van der Waals surface area contributed by atoms with Gasteiger partial charge in [-0.2, -0.15) is 0 Å². The van der Waals surface area contributed by atoms with Crippen LogP contribution in [0, 0.1) is 11.8 Å². The monoisotopic (exact) mass is 1750 g/mol. The molecule has 10 heterocycles. The smallest absolute Gasteiger partial charge is 0.332 e. The number of rotatable bonds is 32. The van der Waals surface area contributed by atoms with Crippen LogP contribution in [-0.2, 0) is 92.6 Å². The van der Waals surface area contributed by atoms with Crippen LogP contribution in [0.4, 0.5) is 4.79 Å². The topological polar surface area (TPSA) is 371 Å². The number of imide groups is 1. The van der Waals surface area contributed by atoms with Crippen LogP contribution < -0.4 is 43.8 Å². The van der Waals surface area contributed by atoms with Gasteiger partial charge in [-0.05, 0) is 132 Å². The van der Waals surface area contributed by atoms with E-state index in [1.807, 2.05) is 39.9 Å². The highest BCUT2D eigenvalue weighted by Crippen LogP contribution is 2.25. The Morgan fingerprint density at radius 3 is 1.49 bits per heavy atom. The molecular formula is C87H162N24O13. The normalized spacial score (nSPS) is 17.3. The lowest BCUT2D eigenvalue weighted by Gasteiger charge is -2.35. The number of likely N-dealkylation sites (tertiary alicyclic amines) is 1. The second-order valence-corrected chi connectivity index (χ2v) is 32.0. The van der Waals surface area contributed by atoms with E-state index in [9.17, 15) is 52.7 Å². The lowest BCUT2D eigenvalue weighted by atomic mass is 9.90. The van der Waals surface area contributed by atoms with E-state index in [4.69, 9.17) is 9.47 Å². The number of ether oxygens (including phenoxy) is 2. The number of carbonyl (C=O) groups is 7. The molecule has 37 nitrogen and oxygen atoms in total. The Morgan fingerprint density at radius 1 is 0.548 bits per heavy atom. The highest BCUT2D eigenvalue weighted by molar-refractivity contribution is 6.04. The van der Waals surface area contributed by atoms with Crippen molar-refractivity contribution in [1.82, 2.24) is 117 Å².